The van der Waals surface area contributed by atoms with E-state index in [9.17, 15) is 4.79 Å². The van der Waals surface area contributed by atoms with Crippen LogP contribution < -0.4 is 24.8 Å². The maximum Gasteiger partial charge on any atom is 0.323 e. The number of ether oxygens (including phenoxy) is 3. The summed E-state index contributed by atoms with van der Waals surface area (Å²) < 4.78 is 15.4. The van der Waals surface area contributed by atoms with Crippen LogP contribution in [-0.4, -0.2) is 27.4 Å². The van der Waals surface area contributed by atoms with E-state index in [1.54, 1.807) is 63.8 Å². The van der Waals surface area contributed by atoms with Crippen LogP contribution in [0.4, 0.5) is 16.2 Å². The Hall–Kier alpha value is -2.89. The number of carbonyl (C=O) groups is 1. The van der Waals surface area contributed by atoms with Crippen LogP contribution in [0.2, 0.25) is 0 Å². The smallest absolute Gasteiger partial charge is 0.323 e. The Bertz CT molecular complexity index is 636. The van der Waals surface area contributed by atoms with Crippen LogP contribution in [-0.2, 0) is 0 Å². The van der Waals surface area contributed by atoms with Gasteiger partial charge in [-0.15, -0.1) is 0 Å². The van der Waals surface area contributed by atoms with Gasteiger partial charge in [-0.25, -0.2) is 4.79 Å². The minimum atomic E-state index is -0.372. The van der Waals surface area contributed by atoms with Crippen LogP contribution in [0, 0.1) is 0 Å². The van der Waals surface area contributed by atoms with E-state index in [1.165, 1.54) is 0 Å². The topological polar surface area (TPSA) is 68.8 Å². The zero-order valence-corrected chi connectivity index (χ0v) is 12.7. The van der Waals surface area contributed by atoms with Crippen LogP contribution in [0.3, 0.4) is 0 Å². The van der Waals surface area contributed by atoms with E-state index >= 15 is 0 Å². The number of benzene rings is 2. The van der Waals surface area contributed by atoms with Gasteiger partial charge in [0, 0.05) is 35.6 Å². The first kappa shape index (κ1) is 15.5. The molecule has 0 aliphatic heterocycles. The third kappa shape index (κ3) is 4.05. The standard InChI is InChI=1S/C16H18N2O4/c1-20-13-6-4-5-11(7-13)17-16(19)18-12-8-14(21-2)10-15(9-12)22-3/h4-10H,1-3H3,(H2,17,18,19). The van der Waals surface area contributed by atoms with E-state index in [0.29, 0.717) is 28.6 Å². The SMILES string of the molecule is COc1cccc(NC(=O)Nc2cc(OC)cc(OC)c2)c1. The number of urea groups is 1. The van der Waals surface area contributed by atoms with Gasteiger partial charge in [0.15, 0.2) is 0 Å². The van der Waals surface area contributed by atoms with E-state index in [4.69, 9.17) is 14.2 Å². The molecule has 0 saturated carbocycles. The first-order valence-electron chi connectivity index (χ1n) is 6.59. The van der Waals surface area contributed by atoms with Gasteiger partial charge in [-0.05, 0) is 12.1 Å². The van der Waals surface area contributed by atoms with Crippen molar-refractivity contribution in [3.63, 3.8) is 0 Å². The lowest BCUT2D eigenvalue weighted by molar-refractivity contribution is 0.262. The Morgan fingerprint density at radius 3 is 1.91 bits per heavy atom. The van der Waals surface area contributed by atoms with Crippen molar-refractivity contribution >= 4 is 17.4 Å². The highest BCUT2D eigenvalue weighted by molar-refractivity contribution is 6.00. The molecular weight excluding hydrogens is 284 g/mol. The van der Waals surface area contributed by atoms with Crippen LogP contribution >= 0.6 is 0 Å². The van der Waals surface area contributed by atoms with Crippen molar-refractivity contribution in [1.82, 2.24) is 0 Å². The van der Waals surface area contributed by atoms with E-state index < -0.39 is 0 Å². The van der Waals surface area contributed by atoms with E-state index in [-0.39, 0.29) is 6.03 Å². The molecule has 116 valence electrons. The van der Waals surface area contributed by atoms with Crippen molar-refractivity contribution < 1.29 is 19.0 Å². The van der Waals surface area contributed by atoms with Crippen LogP contribution in [0.15, 0.2) is 42.5 Å². The monoisotopic (exact) mass is 302 g/mol. The number of nitrogens with one attached hydrogen (secondary N) is 2. The predicted octanol–water partition coefficient (Wildman–Crippen LogP) is 3.36. The van der Waals surface area contributed by atoms with Crippen molar-refractivity contribution in [3.8, 4) is 17.2 Å². The quantitative estimate of drug-likeness (QED) is 0.888. The summed E-state index contributed by atoms with van der Waals surface area (Å²) in [6.07, 6.45) is 0. The highest BCUT2D eigenvalue weighted by Crippen LogP contribution is 2.26. The third-order valence-corrected chi connectivity index (χ3v) is 2.94. The van der Waals surface area contributed by atoms with Crippen molar-refractivity contribution in [1.29, 1.82) is 0 Å². The number of anilines is 2. The van der Waals surface area contributed by atoms with Gasteiger partial charge in [0.05, 0.1) is 21.3 Å². The lowest BCUT2D eigenvalue weighted by Crippen LogP contribution is -2.19. The Kier molecular flexibility index (Phi) is 5.08. The van der Waals surface area contributed by atoms with E-state index in [0.717, 1.165) is 0 Å². The van der Waals surface area contributed by atoms with Gasteiger partial charge in [0.1, 0.15) is 17.2 Å². The summed E-state index contributed by atoms with van der Waals surface area (Å²) >= 11 is 0. The molecule has 6 nitrogen and oxygen atoms in total. The highest BCUT2D eigenvalue weighted by atomic mass is 16.5. The first-order chi connectivity index (χ1) is 10.6. The summed E-state index contributed by atoms with van der Waals surface area (Å²) in [6, 6.07) is 11.9. The van der Waals surface area contributed by atoms with Crippen LogP contribution in [0.25, 0.3) is 0 Å². The second kappa shape index (κ2) is 7.21. The Labute approximate surface area is 129 Å². The molecule has 0 spiro atoms. The summed E-state index contributed by atoms with van der Waals surface area (Å²) in [5, 5.41) is 5.45. The Morgan fingerprint density at radius 1 is 0.773 bits per heavy atom. The summed E-state index contributed by atoms with van der Waals surface area (Å²) in [7, 11) is 4.67. The molecular formula is C16H18N2O4. The molecule has 0 atom stereocenters. The molecule has 6 heteroatoms. The normalized spacial score (nSPS) is 9.77. The lowest BCUT2D eigenvalue weighted by atomic mass is 10.2. The van der Waals surface area contributed by atoms with Crippen LogP contribution in [0.1, 0.15) is 0 Å². The number of hydrogen-bond acceptors (Lipinski definition) is 4. The van der Waals surface area contributed by atoms with Gasteiger partial charge in [-0.2, -0.15) is 0 Å². The van der Waals surface area contributed by atoms with Gasteiger partial charge >= 0.3 is 6.03 Å². The second-order valence-electron chi connectivity index (χ2n) is 4.41. The molecule has 2 amide bonds. The van der Waals surface area contributed by atoms with Gasteiger partial charge in [-0.3, -0.25) is 0 Å². The average Bonchev–Trinajstić information content (AvgIpc) is 2.54. The van der Waals surface area contributed by atoms with Gasteiger partial charge < -0.3 is 24.8 Å². The molecule has 0 aromatic heterocycles. The number of rotatable bonds is 5. The number of amides is 2. The third-order valence-electron chi connectivity index (χ3n) is 2.94. The number of carbonyl (C=O) groups excluding carboxylic acids is 1. The van der Waals surface area contributed by atoms with Crippen molar-refractivity contribution in [2.45, 2.75) is 0 Å². The first-order valence-corrected chi connectivity index (χ1v) is 6.59. The molecule has 0 fully saturated rings. The van der Waals surface area contributed by atoms with Gasteiger partial charge in [0.2, 0.25) is 0 Å². The molecule has 0 saturated heterocycles. The van der Waals surface area contributed by atoms with Gasteiger partial charge in [0.25, 0.3) is 0 Å². The zero-order valence-electron chi connectivity index (χ0n) is 12.7. The number of methoxy groups -OCH3 is 3. The van der Waals surface area contributed by atoms with Crippen LogP contribution in [0.5, 0.6) is 17.2 Å². The summed E-state index contributed by atoms with van der Waals surface area (Å²) in [4.78, 5) is 12.0. The molecule has 2 N–H and O–H groups in total. The predicted molar refractivity (Wildman–Crippen MR) is 85.2 cm³/mol. The fraction of sp³-hybridized carbons (Fsp3) is 0.188. The molecule has 0 aliphatic rings. The molecule has 22 heavy (non-hydrogen) atoms. The maximum atomic E-state index is 12.0. The largest absolute Gasteiger partial charge is 0.497 e. The molecule has 0 bridgehead atoms. The van der Waals surface area contributed by atoms with E-state index in [1.807, 2.05) is 0 Å². The Balaban J connectivity index is 2.08. The molecule has 2 rings (SSSR count). The van der Waals surface area contributed by atoms with Gasteiger partial charge in [-0.1, -0.05) is 6.07 Å². The Morgan fingerprint density at radius 2 is 1.32 bits per heavy atom. The fourth-order valence-corrected chi connectivity index (χ4v) is 1.87. The van der Waals surface area contributed by atoms with Crippen molar-refractivity contribution in [3.05, 3.63) is 42.5 Å². The average molecular weight is 302 g/mol. The molecule has 2 aromatic rings. The summed E-state index contributed by atoms with van der Waals surface area (Å²) in [5.41, 5.74) is 1.20. The van der Waals surface area contributed by atoms with Crippen molar-refractivity contribution in [2.24, 2.45) is 0 Å². The van der Waals surface area contributed by atoms with Crippen molar-refractivity contribution in [2.75, 3.05) is 32.0 Å². The molecule has 2 aromatic carbocycles. The summed E-state index contributed by atoms with van der Waals surface area (Å²) in [6.45, 7) is 0. The zero-order chi connectivity index (χ0) is 15.9. The summed E-state index contributed by atoms with van der Waals surface area (Å²) in [5.74, 6) is 1.85. The minimum absolute atomic E-state index is 0.372. The highest BCUT2D eigenvalue weighted by Gasteiger charge is 2.07. The minimum Gasteiger partial charge on any atom is -0.497 e. The fourth-order valence-electron chi connectivity index (χ4n) is 1.87. The molecule has 0 aliphatic carbocycles. The number of hydrogen-bond donors (Lipinski definition) is 2. The molecule has 0 unspecified atom stereocenters. The molecule has 0 heterocycles. The lowest BCUT2D eigenvalue weighted by Gasteiger charge is -2.11. The van der Waals surface area contributed by atoms with E-state index in [2.05, 4.69) is 10.6 Å². The maximum absolute atomic E-state index is 12.0. The second-order valence-corrected chi connectivity index (χ2v) is 4.41. The molecule has 0 radical (unpaired) electrons.